The van der Waals surface area contributed by atoms with Gasteiger partial charge in [-0.15, -0.1) is 0 Å². The van der Waals surface area contributed by atoms with Crippen LogP contribution in [0.3, 0.4) is 0 Å². The fraction of sp³-hybridized carbons (Fsp3) is 0.938. The van der Waals surface area contributed by atoms with Gasteiger partial charge in [-0.25, -0.2) is 0 Å². The molecule has 2 nitrogen and oxygen atoms in total. The van der Waals surface area contributed by atoms with Crippen LogP contribution in [0.1, 0.15) is 58.3 Å². The minimum atomic E-state index is 0.397. The number of carbonyl (C=O) groups is 1. The number of nitrogens with zero attached hydrogens (tertiary/aromatic N) is 1. The lowest BCUT2D eigenvalue weighted by Crippen LogP contribution is -2.43. The predicted molar refractivity (Wildman–Crippen MR) is 73.4 cm³/mol. The highest BCUT2D eigenvalue weighted by atomic mass is 16.1. The van der Waals surface area contributed by atoms with E-state index in [0.29, 0.717) is 29.7 Å². The summed E-state index contributed by atoms with van der Waals surface area (Å²) in [7, 11) is 2.26. The third kappa shape index (κ3) is 2.24. The lowest BCUT2D eigenvalue weighted by atomic mass is 9.74. The smallest absolute Gasteiger partial charge is 0.139 e. The highest BCUT2D eigenvalue weighted by Crippen LogP contribution is 2.40. The van der Waals surface area contributed by atoms with Crippen LogP contribution in [0.4, 0.5) is 0 Å². The van der Waals surface area contributed by atoms with E-state index in [-0.39, 0.29) is 0 Å². The molecule has 2 aliphatic heterocycles. The van der Waals surface area contributed by atoms with Gasteiger partial charge in [0.15, 0.2) is 0 Å². The third-order valence-corrected chi connectivity index (χ3v) is 5.84. The van der Waals surface area contributed by atoms with Crippen molar-refractivity contribution in [3.8, 4) is 0 Å². The molecule has 1 saturated carbocycles. The zero-order valence-electron chi connectivity index (χ0n) is 11.9. The Bertz CT molecular complexity index is 313. The van der Waals surface area contributed by atoms with Crippen LogP contribution >= 0.6 is 0 Å². The molecule has 1 aliphatic carbocycles. The van der Waals surface area contributed by atoms with Gasteiger partial charge in [-0.3, -0.25) is 4.79 Å². The maximum Gasteiger partial charge on any atom is 0.139 e. The first-order valence-electron chi connectivity index (χ1n) is 7.90. The fourth-order valence-corrected chi connectivity index (χ4v) is 4.67. The summed E-state index contributed by atoms with van der Waals surface area (Å²) < 4.78 is 0. The van der Waals surface area contributed by atoms with Gasteiger partial charge in [0.2, 0.25) is 0 Å². The number of hydrogen-bond donors (Lipinski definition) is 0. The number of ketones is 1. The molecule has 2 bridgehead atoms. The first kappa shape index (κ1) is 12.7. The monoisotopic (exact) mass is 249 g/mol. The highest BCUT2D eigenvalue weighted by Gasteiger charge is 2.42. The molecule has 0 amide bonds. The Morgan fingerprint density at radius 3 is 2.22 bits per heavy atom. The Hall–Kier alpha value is -0.370. The molecule has 2 heterocycles. The van der Waals surface area contributed by atoms with Crippen molar-refractivity contribution in [1.29, 1.82) is 0 Å². The SMILES string of the molecule is CC1CCCC(C(=O)C2CC3CCC(C2)N3C)C1. The quantitative estimate of drug-likeness (QED) is 0.748. The van der Waals surface area contributed by atoms with Crippen LogP contribution in [0, 0.1) is 17.8 Å². The molecular formula is C16H27NO. The van der Waals surface area contributed by atoms with Crippen molar-refractivity contribution in [1.82, 2.24) is 4.90 Å². The fourth-order valence-electron chi connectivity index (χ4n) is 4.67. The topological polar surface area (TPSA) is 20.3 Å². The van der Waals surface area contributed by atoms with Gasteiger partial charge < -0.3 is 4.90 Å². The van der Waals surface area contributed by atoms with Crippen LogP contribution in [-0.4, -0.2) is 29.8 Å². The molecule has 4 unspecified atom stereocenters. The lowest BCUT2D eigenvalue weighted by Gasteiger charge is -2.38. The predicted octanol–water partition coefficient (Wildman–Crippen LogP) is 3.25. The maximum absolute atomic E-state index is 12.7. The second-order valence-corrected chi connectivity index (χ2v) is 7.09. The summed E-state index contributed by atoms with van der Waals surface area (Å²) in [6, 6.07) is 1.41. The van der Waals surface area contributed by atoms with E-state index in [2.05, 4.69) is 18.9 Å². The van der Waals surface area contributed by atoms with E-state index in [1.807, 2.05) is 0 Å². The molecule has 4 atom stereocenters. The molecule has 18 heavy (non-hydrogen) atoms. The van der Waals surface area contributed by atoms with Gasteiger partial charge in [0.05, 0.1) is 0 Å². The normalized spacial score (nSPS) is 45.1. The minimum Gasteiger partial charge on any atom is -0.300 e. The Morgan fingerprint density at radius 1 is 0.944 bits per heavy atom. The number of Topliss-reactive ketones (excluding diaryl/α,β-unsaturated/α-hetero) is 1. The van der Waals surface area contributed by atoms with E-state index < -0.39 is 0 Å². The first-order valence-corrected chi connectivity index (χ1v) is 7.90. The molecule has 102 valence electrons. The van der Waals surface area contributed by atoms with Crippen LogP contribution < -0.4 is 0 Å². The molecular weight excluding hydrogens is 222 g/mol. The van der Waals surface area contributed by atoms with Crippen LogP contribution in [0.5, 0.6) is 0 Å². The van der Waals surface area contributed by atoms with E-state index in [1.165, 1.54) is 38.5 Å². The lowest BCUT2D eigenvalue weighted by molar-refractivity contribution is -0.130. The second kappa shape index (κ2) is 4.96. The van der Waals surface area contributed by atoms with Gasteiger partial charge in [0.1, 0.15) is 5.78 Å². The first-order chi connectivity index (χ1) is 8.65. The molecule has 0 spiro atoms. The molecule has 0 aromatic heterocycles. The van der Waals surface area contributed by atoms with Crippen LogP contribution in [0.15, 0.2) is 0 Å². The average molecular weight is 249 g/mol. The van der Waals surface area contributed by atoms with Gasteiger partial charge in [-0.05, 0) is 51.5 Å². The number of hydrogen-bond acceptors (Lipinski definition) is 2. The minimum absolute atomic E-state index is 0.397. The number of carbonyl (C=O) groups excluding carboxylic acids is 1. The van der Waals surface area contributed by atoms with Crippen LogP contribution in [0.2, 0.25) is 0 Å². The van der Waals surface area contributed by atoms with Crippen molar-refractivity contribution in [2.24, 2.45) is 17.8 Å². The summed E-state index contributed by atoms with van der Waals surface area (Å²) in [5.41, 5.74) is 0. The van der Waals surface area contributed by atoms with Gasteiger partial charge in [-0.2, -0.15) is 0 Å². The third-order valence-electron chi connectivity index (χ3n) is 5.84. The van der Waals surface area contributed by atoms with Crippen LogP contribution in [0.25, 0.3) is 0 Å². The van der Waals surface area contributed by atoms with Gasteiger partial charge >= 0.3 is 0 Å². The van der Waals surface area contributed by atoms with Gasteiger partial charge in [0, 0.05) is 23.9 Å². The number of fused-ring (bicyclic) bond motifs is 2. The maximum atomic E-state index is 12.7. The zero-order valence-corrected chi connectivity index (χ0v) is 11.9. The Kier molecular flexibility index (Phi) is 3.48. The van der Waals surface area contributed by atoms with Crippen molar-refractivity contribution >= 4 is 5.78 Å². The number of rotatable bonds is 2. The van der Waals surface area contributed by atoms with E-state index in [1.54, 1.807) is 0 Å². The van der Waals surface area contributed by atoms with E-state index >= 15 is 0 Å². The molecule has 0 N–H and O–H groups in total. The number of piperidine rings is 1. The summed E-state index contributed by atoms with van der Waals surface area (Å²) in [6.07, 6.45) is 9.90. The summed E-state index contributed by atoms with van der Waals surface area (Å²) >= 11 is 0. The molecule has 0 radical (unpaired) electrons. The van der Waals surface area contributed by atoms with Gasteiger partial charge in [0.25, 0.3) is 0 Å². The van der Waals surface area contributed by atoms with Crippen molar-refractivity contribution in [3.63, 3.8) is 0 Å². The van der Waals surface area contributed by atoms with E-state index in [4.69, 9.17) is 0 Å². The summed E-state index contributed by atoms with van der Waals surface area (Å²) in [4.78, 5) is 15.2. The Balaban J connectivity index is 1.63. The zero-order chi connectivity index (χ0) is 12.7. The Labute approximate surface area is 111 Å². The Morgan fingerprint density at radius 2 is 1.61 bits per heavy atom. The van der Waals surface area contributed by atoms with Crippen LogP contribution in [-0.2, 0) is 4.79 Å². The summed E-state index contributed by atoms with van der Waals surface area (Å²) in [5.74, 6) is 2.21. The summed E-state index contributed by atoms with van der Waals surface area (Å²) in [5, 5.41) is 0. The molecule has 2 heteroatoms. The standard InChI is InChI=1S/C16H27NO/c1-11-4-3-5-12(8-11)16(18)13-9-14-6-7-15(10-13)17(14)2/h11-15H,3-10H2,1-2H3. The highest BCUT2D eigenvalue weighted by molar-refractivity contribution is 5.83. The molecule has 3 rings (SSSR count). The van der Waals surface area contributed by atoms with Crippen molar-refractivity contribution < 1.29 is 4.79 Å². The van der Waals surface area contributed by atoms with E-state index in [0.717, 1.165) is 18.8 Å². The molecule has 3 aliphatic rings. The van der Waals surface area contributed by atoms with Crippen molar-refractivity contribution in [2.45, 2.75) is 70.4 Å². The molecule has 0 aromatic rings. The average Bonchev–Trinajstić information content (AvgIpc) is 2.61. The largest absolute Gasteiger partial charge is 0.300 e. The molecule has 0 aromatic carbocycles. The molecule has 2 saturated heterocycles. The van der Waals surface area contributed by atoms with Crippen molar-refractivity contribution in [3.05, 3.63) is 0 Å². The van der Waals surface area contributed by atoms with E-state index in [9.17, 15) is 4.79 Å². The van der Waals surface area contributed by atoms with Gasteiger partial charge in [-0.1, -0.05) is 19.8 Å². The van der Waals surface area contributed by atoms with Crippen molar-refractivity contribution in [2.75, 3.05) is 7.05 Å². The molecule has 3 fully saturated rings. The second-order valence-electron chi connectivity index (χ2n) is 7.09. The summed E-state index contributed by atoms with van der Waals surface area (Å²) in [6.45, 7) is 2.32.